The lowest BCUT2D eigenvalue weighted by atomic mass is 9.77. The first-order valence-corrected chi connectivity index (χ1v) is 8.01. The van der Waals surface area contributed by atoms with Crippen LogP contribution in [0.1, 0.15) is 67.2 Å². The van der Waals surface area contributed by atoms with Crippen LogP contribution in [0.4, 0.5) is 0 Å². The van der Waals surface area contributed by atoms with E-state index in [4.69, 9.17) is 0 Å². The molecule has 0 aromatic rings. The number of hydrogen-bond acceptors (Lipinski definition) is 2. The monoisotopic (exact) mass is 269 g/mol. The van der Waals surface area contributed by atoms with Gasteiger partial charge in [0.05, 0.1) is 6.10 Å². The Bertz CT molecular complexity index is 261. The van der Waals surface area contributed by atoms with E-state index in [0.717, 1.165) is 18.9 Å². The Balaban J connectivity index is 2.38. The van der Waals surface area contributed by atoms with Crippen molar-refractivity contribution in [1.82, 2.24) is 4.90 Å². The molecule has 19 heavy (non-hydrogen) atoms. The van der Waals surface area contributed by atoms with Crippen molar-refractivity contribution in [2.45, 2.75) is 73.3 Å². The minimum Gasteiger partial charge on any atom is -0.393 e. The third kappa shape index (κ3) is 5.83. The van der Waals surface area contributed by atoms with Gasteiger partial charge in [-0.1, -0.05) is 41.5 Å². The van der Waals surface area contributed by atoms with Gasteiger partial charge in [-0.2, -0.15) is 0 Å². The third-order valence-electron chi connectivity index (χ3n) is 4.76. The molecule has 2 atom stereocenters. The molecule has 114 valence electrons. The number of aliphatic hydroxyl groups is 1. The summed E-state index contributed by atoms with van der Waals surface area (Å²) in [5.41, 5.74) is 0.459. The molecule has 0 saturated carbocycles. The molecule has 0 amide bonds. The van der Waals surface area contributed by atoms with E-state index in [0.29, 0.717) is 5.41 Å². The predicted molar refractivity (Wildman–Crippen MR) is 83.3 cm³/mol. The van der Waals surface area contributed by atoms with Gasteiger partial charge in [0.2, 0.25) is 0 Å². The molecular formula is C17H35NO. The molecule has 1 N–H and O–H groups in total. The summed E-state index contributed by atoms with van der Waals surface area (Å²) in [6.07, 6.45) is 4.71. The quantitative estimate of drug-likeness (QED) is 0.839. The van der Waals surface area contributed by atoms with Crippen molar-refractivity contribution < 1.29 is 5.11 Å². The topological polar surface area (TPSA) is 23.5 Å². The minimum atomic E-state index is -0.186. The first-order chi connectivity index (χ1) is 8.60. The van der Waals surface area contributed by atoms with Crippen LogP contribution in [0.5, 0.6) is 0 Å². The molecule has 2 unspecified atom stereocenters. The molecule has 1 fully saturated rings. The highest BCUT2D eigenvalue weighted by Gasteiger charge is 2.28. The Kier molecular flexibility index (Phi) is 5.88. The second-order valence-corrected chi connectivity index (χ2v) is 8.51. The largest absolute Gasteiger partial charge is 0.393 e. The number of nitrogens with zero attached hydrogens (tertiary/aromatic N) is 1. The van der Waals surface area contributed by atoms with Crippen LogP contribution < -0.4 is 0 Å². The standard InChI is InChI=1S/C17H35NO/c1-16(2,3)14-8-7-11-18(12-9-14)13-10-15(19)17(4,5)6/h14-15,19H,7-13H2,1-6H3. The van der Waals surface area contributed by atoms with Crippen molar-refractivity contribution in [2.24, 2.45) is 16.7 Å². The van der Waals surface area contributed by atoms with E-state index < -0.39 is 0 Å². The summed E-state index contributed by atoms with van der Waals surface area (Å²) < 4.78 is 0. The Morgan fingerprint density at radius 3 is 2.21 bits per heavy atom. The molecule has 0 aromatic heterocycles. The average molecular weight is 269 g/mol. The van der Waals surface area contributed by atoms with Crippen molar-refractivity contribution in [2.75, 3.05) is 19.6 Å². The molecule has 1 aliphatic rings. The molecular weight excluding hydrogens is 234 g/mol. The highest BCUT2D eigenvalue weighted by atomic mass is 16.3. The molecule has 0 aromatic carbocycles. The van der Waals surface area contributed by atoms with Gasteiger partial charge in [0.1, 0.15) is 0 Å². The maximum absolute atomic E-state index is 10.1. The molecule has 1 saturated heterocycles. The fourth-order valence-corrected chi connectivity index (χ4v) is 2.98. The SMILES string of the molecule is CC(C)(C)C(O)CCN1CCCC(C(C)(C)C)CC1. The van der Waals surface area contributed by atoms with E-state index in [1.807, 2.05) is 0 Å². The van der Waals surface area contributed by atoms with Crippen LogP contribution in [0.15, 0.2) is 0 Å². The fourth-order valence-electron chi connectivity index (χ4n) is 2.98. The summed E-state index contributed by atoms with van der Waals surface area (Å²) in [7, 11) is 0. The second kappa shape index (κ2) is 6.58. The van der Waals surface area contributed by atoms with Gasteiger partial charge in [0.25, 0.3) is 0 Å². The van der Waals surface area contributed by atoms with Gasteiger partial charge < -0.3 is 10.0 Å². The van der Waals surface area contributed by atoms with E-state index in [-0.39, 0.29) is 11.5 Å². The van der Waals surface area contributed by atoms with Gasteiger partial charge in [0, 0.05) is 6.54 Å². The van der Waals surface area contributed by atoms with Gasteiger partial charge in [-0.25, -0.2) is 0 Å². The fraction of sp³-hybridized carbons (Fsp3) is 1.00. The maximum atomic E-state index is 10.1. The first-order valence-electron chi connectivity index (χ1n) is 8.01. The summed E-state index contributed by atoms with van der Waals surface area (Å²) in [4.78, 5) is 2.56. The third-order valence-corrected chi connectivity index (χ3v) is 4.76. The zero-order chi connectivity index (χ0) is 14.7. The highest BCUT2D eigenvalue weighted by molar-refractivity contribution is 4.80. The molecule has 1 aliphatic heterocycles. The Labute approximate surface area is 120 Å². The van der Waals surface area contributed by atoms with E-state index >= 15 is 0 Å². The van der Waals surface area contributed by atoms with Crippen molar-refractivity contribution in [3.05, 3.63) is 0 Å². The first kappa shape index (κ1) is 17.0. The predicted octanol–water partition coefficient (Wildman–Crippen LogP) is 3.93. The van der Waals surface area contributed by atoms with Crippen molar-refractivity contribution in [1.29, 1.82) is 0 Å². The van der Waals surface area contributed by atoms with E-state index in [2.05, 4.69) is 46.4 Å². The summed E-state index contributed by atoms with van der Waals surface area (Å²) in [5, 5.41) is 10.1. The molecule has 2 nitrogen and oxygen atoms in total. The van der Waals surface area contributed by atoms with Crippen LogP contribution in [-0.4, -0.2) is 35.7 Å². The van der Waals surface area contributed by atoms with E-state index in [9.17, 15) is 5.11 Å². The normalized spacial score (nSPS) is 25.1. The van der Waals surface area contributed by atoms with E-state index in [1.165, 1.54) is 32.4 Å². The number of rotatable bonds is 3. The van der Waals surface area contributed by atoms with Gasteiger partial charge in [-0.3, -0.25) is 0 Å². The highest BCUT2D eigenvalue weighted by Crippen LogP contribution is 2.34. The molecule has 1 rings (SSSR count). The smallest absolute Gasteiger partial charge is 0.0600 e. The summed E-state index contributed by atoms with van der Waals surface area (Å²) in [6.45, 7) is 16.9. The molecule has 0 radical (unpaired) electrons. The van der Waals surface area contributed by atoms with E-state index in [1.54, 1.807) is 0 Å². The average Bonchev–Trinajstić information content (AvgIpc) is 2.48. The molecule has 1 heterocycles. The van der Waals surface area contributed by atoms with Crippen molar-refractivity contribution in [3.63, 3.8) is 0 Å². The molecule has 0 bridgehead atoms. The van der Waals surface area contributed by atoms with Crippen LogP contribution in [0.2, 0.25) is 0 Å². The zero-order valence-corrected chi connectivity index (χ0v) is 14.0. The minimum absolute atomic E-state index is 0.0137. The van der Waals surface area contributed by atoms with Crippen LogP contribution in [0, 0.1) is 16.7 Å². The number of hydrogen-bond donors (Lipinski definition) is 1. The van der Waals surface area contributed by atoms with Crippen LogP contribution in [-0.2, 0) is 0 Å². The van der Waals surface area contributed by atoms with Gasteiger partial charge >= 0.3 is 0 Å². The van der Waals surface area contributed by atoms with Gasteiger partial charge in [-0.15, -0.1) is 0 Å². The Morgan fingerprint density at radius 1 is 1.05 bits per heavy atom. The number of aliphatic hydroxyl groups excluding tert-OH is 1. The second-order valence-electron chi connectivity index (χ2n) is 8.51. The lowest BCUT2D eigenvalue weighted by Crippen LogP contribution is -2.33. The lowest BCUT2D eigenvalue weighted by Gasteiger charge is -2.30. The van der Waals surface area contributed by atoms with Gasteiger partial charge in [-0.05, 0) is 55.5 Å². The number of likely N-dealkylation sites (tertiary alicyclic amines) is 1. The Morgan fingerprint density at radius 2 is 1.68 bits per heavy atom. The summed E-state index contributed by atoms with van der Waals surface area (Å²) in [6, 6.07) is 0. The maximum Gasteiger partial charge on any atom is 0.0600 e. The molecule has 0 aliphatic carbocycles. The van der Waals surface area contributed by atoms with Crippen LogP contribution >= 0.6 is 0 Å². The van der Waals surface area contributed by atoms with Gasteiger partial charge in [0.15, 0.2) is 0 Å². The Hall–Kier alpha value is -0.0800. The molecule has 0 spiro atoms. The van der Waals surface area contributed by atoms with Crippen LogP contribution in [0.3, 0.4) is 0 Å². The lowest BCUT2D eigenvalue weighted by molar-refractivity contribution is 0.0456. The molecule has 2 heteroatoms. The van der Waals surface area contributed by atoms with Crippen LogP contribution in [0.25, 0.3) is 0 Å². The summed E-state index contributed by atoms with van der Waals surface area (Å²) in [5.74, 6) is 0.852. The van der Waals surface area contributed by atoms with Crippen molar-refractivity contribution in [3.8, 4) is 0 Å². The zero-order valence-electron chi connectivity index (χ0n) is 14.0. The van der Waals surface area contributed by atoms with Crippen molar-refractivity contribution >= 4 is 0 Å². The summed E-state index contributed by atoms with van der Waals surface area (Å²) >= 11 is 0.